The number of sulfonamides is 1. The third-order valence-electron chi connectivity index (χ3n) is 6.31. The molecule has 0 radical (unpaired) electrons. The number of hydrogen-bond donors (Lipinski definition) is 1. The first kappa shape index (κ1) is 22.9. The summed E-state index contributed by atoms with van der Waals surface area (Å²) in [6, 6.07) is 13.0. The van der Waals surface area contributed by atoms with Gasteiger partial charge < -0.3 is 5.32 Å². The second-order valence-electron chi connectivity index (χ2n) is 8.61. The third kappa shape index (κ3) is 5.36. The van der Waals surface area contributed by atoms with E-state index in [0.717, 1.165) is 57.3 Å². The predicted molar refractivity (Wildman–Crippen MR) is 121 cm³/mol. The summed E-state index contributed by atoms with van der Waals surface area (Å²) in [5.41, 5.74) is 1.28. The number of nitrogens with one attached hydrogen (secondary N) is 1. The highest BCUT2D eigenvalue weighted by molar-refractivity contribution is 7.89. The molecule has 2 aliphatic heterocycles. The Morgan fingerprint density at radius 1 is 0.938 bits per heavy atom. The Bertz CT molecular complexity index is 1030. The van der Waals surface area contributed by atoms with Gasteiger partial charge in [0, 0.05) is 38.8 Å². The lowest BCUT2D eigenvalue weighted by molar-refractivity contribution is 0.0905. The van der Waals surface area contributed by atoms with Crippen molar-refractivity contribution in [2.75, 3.05) is 26.2 Å². The van der Waals surface area contributed by atoms with Crippen molar-refractivity contribution in [2.45, 2.75) is 49.6 Å². The number of rotatable bonds is 6. The smallest absolute Gasteiger partial charge is 0.252 e. The van der Waals surface area contributed by atoms with Crippen LogP contribution in [-0.2, 0) is 16.6 Å². The van der Waals surface area contributed by atoms with Gasteiger partial charge in [-0.25, -0.2) is 12.8 Å². The van der Waals surface area contributed by atoms with Crippen LogP contribution in [0.3, 0.4) is 0 Å². The largest absolute Gasteiger partial charge is 0.349 e. The summed E-state index contributed by atoms with van der Waals surface area (Å²) < 4.78 is 40.9. The Labute approximate surface area is 189 Å². The SMILES string of the molecule is O=C(NC1CCN(Cc2ccc(F)cc2)CC1)c1ccccc1S(=O)(=O)N1CCCCC1. The molecule has 0 saturated carbocycles. The van der Waals surface area contributed by atoms with Crippen LogP contribution in [0.15, 0.2) is 53.4 Å². The standard InChI is InChI=1S/C24H30FN3O3S/c25-20-10-8-19(9-11-20)18-27-16-12-21(13-17-27)26-24(29)22-6-2-3-7-23(22)32(30,31)28-14-4-1-5-15-28/h2-3,6-11,21H,1,4-5,12-18H2,(H,26,29). The summed E-state index contributed by atoms with van der Waals surface area (Å²) in [6.07, 6.45) is 4.31. The highest BCUT2D eigenvalue weighted by atomic mass is 32.2. The van der Waals surface area contributed by atoms with Gasteiger partial charge in [-0.1, -0.05) is 30.7 Å². The van der Waals surface area contributed by atoms with E-state index in [1.165, 1.54) is 22.5 Å². The molecule has 2 saturated heterocycles. The predicted octanol–water partition coefficient (Wildman–Crippen LogP) is 3.39. The molecule has 6 nitrogen and oxygen atoms in total. The van der Waals surface area contributed by atoms with Crippen molar-refractivity contribution in [3.8, 4) is 0 Å². The maximum atomic E-state index is 13.2. The van der Waals surface area contributed by atoms with Crippen molar-refractivity contribution < 1.29 is 17.6 Å². The maximum Gasteiger partial charge on any atom is 0.252 e. The zero-order valence-corrected chi connectivity index (χ0v) is 19.0. The maximum absolute atomic E-state index is 13.2. The monoisotopic (exact) mass is 459 g/mol. The lowest BCUT2D eigenvalue weighted by atomic mass is 10.0. The number of carbonyl (C=O) groups excluding carboxylic acids is 1. The fraction of sp³-hybridized carbons (Fsp3) is 0.458. The number of carbonyl (C=O) groups is 1. The molecular weight excluding hydrogens is 429 g/mol. The fourth-order valence-electron chi connectivity index (χ4n) is 4.47. The molecule has 1 N–H and O–H groups in total. The van der Waals surface area contributed by atoms with Crippen LogP contribution in [-0.4, -0.2) is 55.8 Å². The van der Waals surface area contributed by atoms with Crippen LogP contribution in [0.4, 0.5) is 4.39 Å². The second-order valence-corrected chi connectivity index (χ2v) is 10.5. The molecule has 0 atom stereocenters. The molecule has 1 amide bonds. The minimum Gasteiger partial charge on any atom is -0.349 e. The van der Waals surface area contributed by atoms with E-state index in [-0.39, 0.29) is 28.2 Å². The lowest BCUT2D eigenvalue weighted by Crippen LogP contribution is -2.45. The Morgan fingerprint density at radius 3 is 2.28 bits per heavy atom. The van der Waals surface area contributed by atoms with Gasteiger partial charge in [-0.05, 0) is 55.5 Å². The van der Waals surface area contributed by atoms with Crippen molar-refractivity contribution in [2.24, 2.45) is 0 Å². The quantitative estimate of drug-likeness (QED) is 0.719. The van der Waals surface area contributed by atoms with Gasteiger partial charge in [0.15, 0.2) is 0 Å². The van der Waals surface area contributed by atoms with Gasteiger partial charge in [-0.3, -0.25) is 9.69 Å². The molecule has 2 heterocycles. The third-order valence-corrected chi connectivity index (χ3v) is 8.26. The average Bonchev–Trinajstić information content (AvgIpc) is 2.82. The van der Waals surface area contributed by atoms with Crippen LogP contribution >= 0.6 is 0 Å². The van der Waals surface area contributed by atoms with Crippen molar-refractivity contribution in [1.29, 1.82) is 0 Å². The van der Waals surface area contributed by atoms with E-state index < -0.39 is 10.0 Å². The molecule has 8 heteroatoms. The number of hydrogen-bond acceptors (Lipinski definition) is 4. The average molecular weight is 460 g/mol. The molecule has 0 aliphatic carbocycles. The first-order valence-corrected chi connectivity index (χ1v) is 12.7. The van der Waals surface area contributed by atoms with Gasteiger partial charge in [0.25, 0.3) is 5.91 Å². The Balaban J connectivity index is 1.37. The molecule has 32 heavy (non-hydrogen) atoms. The molecular formula is C24H30FN3O3S. The molecule has 2 aromatic rings. The Morgan fingerprint density at radius 2 is 1.59 bits per heavy atom. The van der Waals surface area contributed by atoms with Crippen LogP contribution in [0, 0.1) is 5.82 Å². The van der Waals surface area contributed by atoms with E-state index in [2.05, 4.69) is 10.2 Å². The molecule has 0 spiro atoms. The number of amides is 1. The van der Waals surface area contributed by atoms with E-state index in [1.54, 1.807) is 30.3 Å². The van der Waals surface area contributed by atoms with Crippen molar-refractivity contribution >= 4 is 15.9 Å². The first-order valence-electron chi connectivity index (χ1n) is 11.3. The van der Waals surface area contributed by atoms with Crippen LogP contribution in [0.2, 0.25) is 0 Å². The van der Waals surface area contributed by atoms with Crippen LogP contribution in [0.1, 0.15) is 48.0 Å². The van der Waals surface area contributed by atoms with Gasteiger partial charge in [0.1, 0.15) is 5.82 Å². The summed E-state index contributed by atoms with van der Waals surface area (Å²) in [4.78, 5) is 15.4. The minimum absolute atomic E-state index is 0.00212. The van der Waals surface area contributed by atoms with E-state index in [0.29, 0.717) is 13.1 Å². The van der Waals surface area contributed by atoms with Crippen molar-refractivity contribution in [3.63, 3.8) is 0 Å². The number of likely N-dealkylation sites (tertiary alicyclic amines) is 1. The van der Waals surface area contributed by atoms with Crippen LogP contribution in [0.25, 0.3) is 0 Å². The zero-order valence-electron chi connectivity index (χ0n) is 18.2. The number of benzene rings is 2. The zero-order chi connectivity index (χ0) is 22.6. The molecule has 4 rings (SSSR count). The van der Waals surface area contributed by atoms with E-state index in [4.69, 9.17) is 0 Å². The minimum atomic E-state index is -3.69. The first-order chi connectivity index (χ1) is 15.4. The van der Waals surface area contributed by atoms with E-state index >= 15 is 0 Å². The molecule has 2 fully saturated rings. The Kier molecular flexibility index (Phi) is 7.23. The summed E-state index contributed by atoms with van der Waals surface area (Å²) in [6.45, 7) is 3.39. The van der Waals surface area contributed by atoms with Gasteiger partial charge in [0.05, 0.1) is 10.5 Å². The van der Waals surface area contributed by atoms with Crippen molar-refractivity contribution in [3.05, 3.63) is 65.5 Å². The number of nitrogens with zero attached hydrogens (tertiary/aromatic N) is 2. The normalized spacial score (nSPS) is 19.0. The summed E-state index contributed by atoms with van der Waals surface area (Å²) >= 11 is 0. The highest BCUT2D eigenvalue weighted by Gasteiger charge is 2.30. The second kappa shape index (κ2) is 10.1. The summed E-state index contributed by atoms with van der Waals surface area (Å²) in [5.74, 6) is -0.573. The molecule has 2 aromatic carbocycles. The molecule has 0 bridgehead atoms. The van der Waals surface area contributed by atoms with Gasteiger partial charge in [-0.2, -0.15) is 4.31 Å². The van der Waals surface area contributed by atoms with E-state index in [9.17, 15) is 17.6 Å². The van der Waals surface area contributed by atoms with E-state index in [1.807, 2.05) is 0 Å². The fourth-order valence-corrected chi connectivity index (χ4v) is 6.18. The van der Waals surface area contributed by atoms with Gasteiger partial charge >= 0.3 is 0 Å². The molecule has 2 aliphatic rings. The highest BCUT2D eigenvalue weighted by Crippen LogP contribution is 2.24. The number of piperidine rings is 2. The topological polar surface area (TPSA) is 69.7 Å². The van der Waals surface area contributed by atoms with Crippen molar-refractivity contribution in [1.82, 2.24) is 14.5 Å². The van der Waals surface area contributed by atoms with Crippen LogP contribution < -0.4 is 5.32 Å². The lowest BCUT2D eigenvalue weighted by Gasteiger charge is -2.32. The number of halogens is 1. The van der Waals surface area contributed by atoms with Gasteiger partial charge in [0.2, 0.25) is 10.0 Å². The summed E-state index contributed by atoms with van der Waals surface area (Å²) in [7, 11) is -3.69. The molecule has 0 aromatic heterocycles. The van der Waals surface area contributed by atoms with Gasteiger partial charge in [-0.15, -0.1) is 0 Å². The Hall–Kier alpha value is -2.29. The molecule has 0 unspecified atom stereocenters. The van der Waals surface area contributed by atoms with Crippen LogP contribution in [0.5, 0.6) is 0 Å². The summed E-state index contributed by atoms with van der Waals surface area (Å²) in [5, 5.41) is 3.04. The molecule has 172 valence electrons.